The van der Waals surface area contributed by atoms with Gasteiger partial charge in [-0.25, -0.2) is 9.97 Å². The second kappa shape index (κ2) is 7.87. The van der Waals surface area contributed by atoms with Gasteiger partial charge in [-0.2, -0.15) is 0 Å². The van der Waals surface area contributed by atoms with Crippen LogP contribution in [0.15, 0.2) is 11.1 Å². The molecule has 6 heteroatoms. The van der Waals surface area contributed by atoms with Crippen molar-refractivity contribution < 1.29 is 5.11 Å². The van der Waals surface area contributed by atoms with Gasteiger partial charge in [0.25, 0.3) is 0 Å². The van der Waals surface area contributed by atoms with Crippen molar-refractivity contribution in [3.8, 4) is 0 Å². The quantitative estimate of drug-likeness (QED) is 0.824. The third-order valence-electron chi connectivity index (χ3n) is 2.29. The molecule has 0 saturated carbocycles. The summed E-state index contributed by atoms with van der Waals surface area (Å²) in [5.74, 6) is 1.12. The van der Waals surface area contributed by atoms with Crippen molar-refractivity contribution in [1.82, 2.24) is 9.97 Å². The second-order valence-electron chi connectivity index (χ2n) is 3.78. The number of aliphatic hydroxyl groups is 1. The maximum absolute atomic E-state index is 8.34. The zero-order valence-electron chi connectivity index (χ0n) is 9.90. The summed E-state index contributed by atoms with van der Waals surface area (Å²) in [5.41, 5.74) is 6.44. The molecule has 2 heterocycles. The Bertz CT molecular complexity index is 351. The standard InChI is InChI=1S/C6H5ClN2S.C5H13NO/c7-6-8-3-5-4(9-6)1-2-10-5;1-2-3-5(6)4-7/h3H,1-2H2;5,7H,2-4,6H2,1H3. The number of fused-ring (bicyclic) bond motifs is 1. The molecule has 4 nitrogen and oxygen atoms in total. The van der Waals surface area contributed by atoms with Gasteiger partial charge in [-0.3, -0.25) is 0 Å². The Labute approximate surface area is 111 Å². The number of nitrogens with zero attached hydrogens (tertiary/aromatic N) is 2. The van der Waals surface area contributed by atoms with Gasteiger partial charge < -0.3 is 10.8 Å². The van der Waals surface area contributed by atoms with E-state index < -0.39 is 0 Å². The molecule has 1 aliphatic rings. The van der Waals surface area contributed by atoms with Crippen LogP contribution in [0.25, 0.3) is 0 Å². The number of nitrogens with two attached hydrogens (primary N) is 1. The van der Waals surface area contributed by atoms with Gasteiger partial charge in [-0.1, -0.05) is 13.3 Å². The number of aromatic nitrogens is 2. The molecule has 2 rings (SSSR count). The normalized spacial score (nSPS) is 14.8. The number of aryl methyl sites for hydroxylation is 1. The summed E-state index contributed by atoms with van der Waals surface area (Å²) in [6, 6.07) is 0.00463. The Morgan fingerprint density at radius 1 is 1.65 bits per heavy atom. The third kappa shape index (κ3) is 5.21. The van der Waals surface area contributed by atoms with E-state index in [1.54, 1.807) is 18.0 Å². The molecule has 3 N–H and O–H groups in total. The average Bonchev–Trinajstić information content (AvgIpc) is 2.77. The molecule has 0 amide bonds. The summed E-state index contributed by atoms with van der Waals surface area (Å²) in [7, 11) is 0. The lowest BCUT2D eigenvalue weighted by molar-refractivity contribution is 0.259. The van der Waals surface area contributed by atoms with Crippen molar-refractivity contribution in [2.75, 3.05) is 12.4 Å². The predicted molar refractivity (Wildman–Crippen MR) is 71.4 cm³/mol. The van der Waals surface area contributed by atoms with Gasteiger partial charge in [-0.15, -0.1) is 11.8 Å². The Hall–Kier alpha value is -0.360. The summed E-state index contributed by atoms with van der Waals surface area (Å²) in [6.45, 7) is 2.17. The molecule has 0 spiro atoms. The highest BCUT2D eigenvalue weighted by Gasteiger charge is 2.12. The van der Waals surface area contributed by atoms with E-state index in [1.807, 2.05) is 0 Å². The van der Waals surface area contributed by atoms with Crippen molar-refractivity contribution in [3.63, 3.8) is 0 Å². The van der Waals surface area contributed by atoms with Gasteiger partial charge in [0, 0.05) is 29.3 Å². The third-order valence-corrected chi connectivity index (χ3v) is 3.53. The number of rotatable bonds is 3. The zero-order valence-corrected chi connectivity index (χ0v) is 11.5. The molecule has 0 aliphatic carbocycles. The summed E-state index contributed by atoms with van der Waals surface area (Å²) < 4.78 is 0. The summed E-state index contributed by atoms with van der Waals surface area (Å²) in [6.07, 6.45) is 4.81. The maximum atomic E-state index is 8.34. The topological polar surface area (TPSA) is 72.0 Å². The molecule has 0 bridgehead atoms. The second-order valence-corrected chi connectivity index (χ2v) is 5.25. The van der Waals surface area contributed by atoms with Gasteiger partial charge in [0.2, 0.25) is 5.28 Å². The monoisotopic (exact) mass is 275 g/mol. The van der Waals surface area contributed by atoms with Crippen LogP contribution in [-0.2, 0) is 6.42 Å². The lowest BCUT2D eigenvalue weighted by Crippen LogP contribution is -2.23. The van der Waals surface area contributed by atoms with E-state index >= 15 is 0 Å². The van der Waals surface area contributed by atoms with Crippen LogP contribution >= 0.6 is 23.4 Å². The van der Waals surface area contributed by atoms with Crippen molar-refractivity contribution in [2.45, 2.75) is 37.1 Å². The van der Waals surface area contributed by atoms with Gasteiger partial charge in [0.1, 0.15) is 0 Å². The molecule has 0 radical (unpaired) electrons. The number of aliphatic hydroxyl groups excluding tert-OH is 1. The van der Waals surface area contributed by atoms with E-state index in [2.05, 4.69) is 16.9 Å². The molecule has 0 saturated heterocycles. The van der Waals surface area contributed by atoms with Gasteiger partial charge >= 0.3 is 0 Å². The van der Waals surface area contributed by atoms with E-state index in [1.165, 1.54) is 4.90 Å². The highest BCUT2D eigenvalue weighted by atomic mass is 35.5. The predicted octanol–water partition coefficient (Wildman–Crippen LogP) is 1.88. The van der Waals surface area contributed by atoms with Gasteiger partial charge in [0.05, 0.1) is 12.3 Å². The van der Waals surface area contributed by atoms with Crippen LogP contribution in [0.4, 0.5) is 0 Å². The fraction of sp³-hybridized carbons (Fsp3) is 0.636. The first-order valence-electron chi connectivity index (χ1n) is 5.68. The first-order valence-corrected chi connectivity index (χ1v) is 7.04. The van der Waals surface area contributed by atoms with E-state index in [9.17, 15) is 0 Å². The van der Waals surface area contributed by atoms with Crippen LogP contribution in [0.2, 0.25) is 5.28 Å². The number of hydrogen-bond acceptors (Lipinski definition) is 5. The van der Waals surface area contributed by atoms with Crippen LogP contribution in [0.1, 0.15) is 25.5 Å². The van der Waals surface area contributed by atoms with Crippen LogP contribution in [0.5, 0.6) is 0 Å². The number of halogens is 1. The highest BCUT2D eigenvalue weighted by molar-refractivity contribution is 7.99. The van der Waals surface area contributed by atoms with Crippen molar-refractivity contribution in [1.29, 1.82) is 0 Å². The minimum atomic E-state index is 0.00463. The summed E-state index contributed by atoms with van der Waals surface area (Å²) in [5, 5.41) is 8.70. The highest BCUT2D eigenvalue weighted by Crippen LogP contribution is 2.29. The molecule has 17 heavy (non-hydrogen) atoms. The fourth-order valence-corrected chi connectivity index (χ4v) is 2.51. The van der Waals surface area contributed by atoms with E-state index in [4.69, 9.17) is 22.4 Å². The first-order chi connectivity index (χ1) is 8.17. The first kappa shape index (κ1) is 14.7. The van der Waals surface area contributed by atoms with Crippen LogP contribution in [0, 0.1) is 0 Å². The van der Waals surface area contributed by atoms with Crippen LogP contribution < -0.4 is 5.73 Å². The molecule has 96 valence electrons. The number of thioether (sulfide) groups is 1. The van der Waals surface area contributed by atoms with Crippen LogP contribution in [0.3, 0.4) is 0 Å². The van der Waals surface area contributed by atoms with Crippen LogP contribution in [-0.4, -0.2) is 33.5 Å². The van der Waals surface area contributed by atoms with Gasteiger partial charge in [0.15, 0.2) is 0 Å². The molecular formula is C11H18ClN3OS. The van der Waals surface area contributed by atoms with E-state index in [-0.39, 0.29) is 12.6 Å². The molecule has 1 atom stereocenters. The average molecular weight is 276 g/mol. The Balaban J connectivity index is 0.000000185. The number of hydrogen-bond donors (Lipinski definition) is 2. The van der Waals surface area contributed by atoms with E-state index in [0.717, 1.165) is 30.7 Å². The van der Waals surface area contributed by atoms with Crippen molar-refractivity contribution >= 4 is 23.4 Å². The molecule has 1 aromatic rings. The molecule has 0 aromatic carbocycles. The minimum absolute atomic E-state index is 0.00463. The molecule has 1 aliphatic heterocycles. The van der Waals surface area contributed by atoms with Crippen molar-refractivity contribution in [3.05, 3.63) is 17.2 Å². The Morgan fingerprint density at radius 3 is 3.00 bits per heavy atom. The molecular weight excluding hydrogens is 258 g/mol. The fourth-order valence-electron chi connectivity index (χ4n) is 1.40. The van der Waals surface area contributed by atoms with Gasteiger partial charge in [-0.05, 0) is 18.0 Å². The smallest absolute Gasteiger partial charge is 0.222 e. The summed E-state index contributed by atoms with van der Waals surface area (Å²) >= 11 is 7.38. The minimum Gasteiger partial charge on any atom is -0.395 e. The lowest BCUT2D eigenvalue weighted by atomic mass is 10.2. The zero-order chi connectivity index (χ0) is 12.7. The SMILES string of the molecule is CCCC(N)CO.Clc1ncc2c(n1)CCS2. The Morgan fingerprint density at radius 2 is 2.41 bits per heavy atom. The van der Waals surface area contributed by atoms with Crippen molar-refractivity contribution in [2.24, 2.45) is 5.73 Å². The Kier molecular flexibility index (Phi) is 6.80. The summed E-state index contributed by atoms with van der Waals surface area (Å²) in [4.78, 5) is 9.16. The molecule has 0 fully saturated rings. The molecule has 1 unspecified atom stereocenters. The lowest BCUT2D eigenvalue weighted by Gasteiger charge is -2.02. The van der Waals surface area contributed by atoms with E-state index in [0.29, 0.717) is 5.28 Å². The largest absolute Gasteiger partial charge is 0.395 e. The maximum Gasteiger partial charge on any atom is 0.222 e. The molecule has 1 aromatic heterocycles.